The molecule has 4 rings (SSSR count). The summed E-state index contributed by atoms with van der Waals surface area (Å²) in [4.78, 5) is 31.9. The number of carbonyl (C=O) groups is 1. The molecule has 0 aliphatic rings. The van der Waals surface area contributed by atoms with E-state index in [4.69, 9.17) is 4.74 Å². The number of amides is 1. The number of rotatable bonds is 5. The normalized spacial score (nSPS) is 10.5. The molecule has 0 saturated carbocycles. The molecule has 0 radical (unpaired) electrons. The molecule has 0 aliphatic heterocycles. The number of nitrogens with zero attached hydrogens (tertiary/aromatic N) is 2. The van der Waals surface area contributed by atoms with Gasteiger partial charge in [-0.1, -0.05) is 12.1 Å². The van der Waals surface area contributed by atoms with E-state index in [-0.39, 0.29) is 11.5 Å². The Balaban J connectivity index is 1.55. The van der Waals surface area contributed by atoms with Gasteiger partial charge in [0.1, 0.15) is 5.75 Å². The Bertz CT molecular complexity index is 1180. The second kappa shape index (κ2) is 7.85. The average Bonchev–Trinajstić information content (AvgIpc) is 3.29. The van der Waals surface area contributed by atoms with Gasteiger partial charge in [0.25, 0.3) is 11.5 Å². The number of aromatic nitrogens is 3. The molecule has 0 fully saturated rings. The molecule has 2 aromatic heterocycles. The molecule has 0 bridgehead atoms. The van der Waals surface area contributed by atoms with Crippen molar-refractivity contribution in [1.82, 2.24) is 14.5 Å². The number of benzene rings is 2. The Morgan fingerprint density at radius 1 is 1.03 bits per heavy atom. The molecule has 0 unspecified atom stereocenters. The number of aromatic amines is 1. The van der Waals surface area contributed by atoms with E-state index >= 15 is 0 Å². The van der Waals surface area contributed by atoms with Crippen LogP contribution in [0.3, 0.4) is 0 Å². The summed E-state index contributed by atoms with van der Waals surface area (Å²) in [6.07, 6.45) is 4.87. The van der Waals surface area contributed by atoms with Crippen LogP contribution in [0.15, 0.2) is 84.2 Å². The summed E-state index contributed by atoms with van der Waals surface area (Å²) in [5, 5.41) is 2.85. The molecule has 2 heterocycles. The Morgan fingerprint density at radius 2 is 1.79 bits per heavy atom. The molecule has 7 heteroatoms. The summed E-state index contributed by atoms with van der Waals surface area (Å²) in [6.45, 7) is 0. The first-order valence-electron chi connectivity index (χ1n) is 8.91. The van der Waals surface area contributed by atoms with E-state index in [1.54, 1.807) is 43.9 Å². The highest BCUT2D eigenvalue weighted by molar-refractivity contribution is 6.04. The highest BCUT2D eigenvalue weighted by atomic mass is 16.5. The molecule has 2 aromatic carbocycles. The van der Waals surface area contributed by atoms with Crippen molar-refractivity contribution in [2.45, 2.75) is 0 Å². The molecular formula is C22H18N4O3. The van der Waals surface area contributed by atoms with E-state index in [1.165, 1.54) is 22.9 Å². The molecule has 0 aliphatic carbocycles. The summed E-state index contributed by atoms with van der Waals surface area (Å²) >= 11 is 0. The second-order valence-corrected chi connectivity index (χ2v) is 6.32. The molecule has 29 heavy (non-hydrogen) atoms. The van der Waals surface area contributed by atoms with Crippen molar-refractivity contribution in [3.8, 4) is 22.7 Å². The lowest BCUT2D eigenvalue weighted by atomic mass is 10.1. The lowest BCUT2D eigenvalue weighted by molar-refractivity contribution is 0.102. The van der Waals surface area contributed by atoms with Gasteiger partial charge in [-0.05, 0) is 48.0 Å². The highest BCUT2D eigenvalue weighted by Crippen LogP contribution is 2.19. The number of ether oxygens (including phenoxy) is 1. The van der Waals surface area contributed by atoms with Gasteiger partial charge in [0.15, 0.2) is 0 Å². The van der Waals surface area contributed by atoms with E-state index in [9.17, 15) is 9.59 Å². The maximum Gasteiger partial charge on any atom is 0.257 e. The first-order chi connectivity index (χ1) is 14.1. The van der Waals surface area contributed by atoms with Gasteiger partial charge in [0.05, 0.1) is 30.9 Å². The minimum absolute atomic E-state index is 0.226. The predicted octanol–water partition coefficient (Wildman–Crippen LogP) is 3.49. The molecule has 1 amide bonds. The van der Waals surface area contributed by atoms with Crippen LogP contribution in [0.2, 0.25) is 0 Å². The number of methoxy groups -OCH3 is 1. The zero-order chi connectivity index (χ0) is 20.2. The molecule has 144 valence electrons. The number of anilines is 1. The average molecular weight is 386 g/mol. The fourth-order valence-electron chi connectivity index (χ4n) is 2.92. The van der Waals surface area contributed by atoms with Crippen molar-refractivity contribution in [2.24, 2.45) is 0 Å². The van der Waals surface area contributed by atoms with Gasteiger partial charge in [-0.3, -0.25) is 14.2 Å². The number of pyridine rings is 1. The van der Waals surface area contributed by atoms with Crippen LogP contribution in [0.1, 0.15) is 10.4 Å². The number of imidazole rings is 1. The molecule has 0 atom stereocenters. The lowest BCUT2D eigenvalue weighted by Gasteiger charge is -2.10. The van der Waals surface area contributed by atoms with E-state index in [0.717, 1.165) is 11.3 Å². The maximum absolute atomic E-state index is 12.7. The highest BCUT2D eigenvalue weighted by Gasteiger charge is 2.10. The van der Waals surface area contributed by atoms with Gasteiger partial charge in [-0.15, -0.1) is 0 Å². The summed E-state index contributed by atoms with van der Waals surface area (Å²) in [7, 11) is 1.58. The minimum Gasteiger partial charge on any atom is -0.497 e. The zero-order valence-corrected chi connectivity index (χ0v) is 15.6. The molecule has 2 N–H and O–H groups in total. The Labute approximate surface area is 166 Å². The third-order valence-corrected chi connectivity index (χ3v) is 4.48. The van der Waals surface area contributed by atoms with Gasteiger partial charge < -0.3 is 15.0 Å². The molecule has 0 saturated heterocycles. The third-order valence-electron chi connectivity index (χ3n) is 4.48. The number of hydrogen-bond donors (Lipinski definition) is 2. The van der Waals surface area contributed by atoms with Crippen LogP contribution in [0.5, 0.6) is 5.75 Å². The van der Waals surface area contributed by atoms with Crippen molar-refractivity contribution in [2.75, 3.05) is 12.4 Å². The van der Waals surface area contributed by atoms with Crippen molar-refractivity contribution in [1.29, 1.82) is 0 Å². The van der Waals surface area contributed by atoms with Crippen molar-refractivity contribution in [3.05, 3.63) is 95.3 Å². The Hall–Kier alpha value is -4.13. The van der Waals surface area contributed by atoms with Crippen molar-refractivity contribution < 1.29 is 9.53 Å². The van der Waals surface area contributed by atoms with Crippen LogP contribution in [0.4, 0.5) is 5.69 Å². The third kappa shape index (κ3) is 3.93. The second-order valence-electron chi connectivity index (χ2n) is 6.32. The van der Waals surface area contributed by atoms with Crippen LogP contribution >= 0.6 is 0 Å². The van der Waals surface area contributed by atoms with E-state index in [0.29, 0.717) is 22.7 Å². The Kier molecular flexibility index (Phi) is 4.94. The summed E-state index contributed by atoms with van der Waals surface area (Å²) in [5.41, 5.74) is 3.31. The summed E-state index contributed by atoms with van der Waals surface area (Å²) in [5.74, 6) is 0.385. The van der Waals surface area contributed by atoms with E-state index in [2.05, 4.69) is 15.3 Å². The fourth-order valence-corrected chi connectivity index (χ4v) is 2.92. The fraction of sp³-hybridized carbons (Fsp3) is 0.0455. The van der Waals surface area contributed by atoms with Crippen LogP contribution < -0.4 is 15.6 Å². The van der Waals surface area contributed by atoms with Gasteiger partial charge in [0, 0.05) is 23.6 Å². The molecular weight excluding hydrogens is 368 g/mol. The lowest BCUT2D eigenvalue weighted by Crippen LogP contribution is -2.20. The summed E-state index contributed by atoms with van der Waals surface area (Å²) in [6, 6.07) is 17.3. The van der Waals surface area contributed by atoms with Crippen LogP contribution in [0.25, 0.3) is 16.9 Å². The first-order valence-corrected chi connectivity index (χ1v) is 8.91. The molecule has 0 spiro atoms. The topological polar surface area (TPSA) is 89.0 Å². The number of nitrogens with one attached hydrogen (secondary N) is 2. The van der Waals surface area contributed by atoms with Crippen LogP contribution in [0, 0.1) is 0 Å². The van der Waals surface area contributed by atoms with Crippen molar-refractivity contribution >= 4 is 11.6 Å². The minimum atomic E-state index is -0.304. The van der Waals surface area contributed by atoms with Crippen LogP contribution in [-0.2, 0) is 0 Å². The monoisotopic (exact) mass is 386 g/mol. The van der Waals surface area contributed by atoms with Crippen LogP contribution in [-0.4, -0.2) is 27.6 Å². The van der Waals surface area contributed by atoms with Gasteiger partial charge in [-0.2, -0.15) is 0 Å². The summed E-state index contributed by atoms with van der Waals surface area (Å²) < 4.78 is 6.56. The SMILES string of the molecule is COc1ccc(-n2cc(C(=O)Nc3ccc(-c4cnc[nH]4)cc3)ccc2=O)cc1. The molecule has 7 nitrogen and oxygen atoms in total. The first kappa shape index (κ1) is 18.2. The van der Waals surface area contributed by atoms with Gasteiger partial charge >= 0.3 is 0 Å². The predicted molar refractivity (Wildman–Crippen MR) is 111 cm³/mol. The Morgan fingerprint density at radius 3 is 2.45 bits per heavy atom. The van der Waals surface area contributed by atoms with Crippen molar-refractivity contribution in [3.63, 3.8) is 0 Å². The maximum atomic E-state index is 12.7. The largest absolute Gasteiger partial charge is 0.497 e. The molecule has 4 aromatic rings. The number of carbonyl (C=O) groups excluding carboxylic acids is 1. The number of H-pyrrole nitrogens is 1. The van der Waals surface area contributed by atoms with E-state index < -0.39 is 0 Å². The van der Waals surface area contributed by atoms with E-state index in [1.807, 2.05) is 24.3 Å². The zero-order valence-electron chi connectivity index (χ0n) is 15.6. The standard InChI is InChI=1S/C22H18N4O3/c1-29-19-9-7-18(8-10-19)26-13-16(4-11-21(26)27)22(28)25-17-5-2-15(3-6-17)20-12-23-14-24-20/h2-14H,1H3,(H,23,24)(H,25,28). The quantitative estimate of drug-likeness (QED) is 0.549. The van der Waals surface area contributed by atoms with Gasteiger partial charge in [0.2, 0.25) is 0 Å². The number of hydrogen-bond acceptors (Lipinski definition) is 4. The smallest absolute Gasteiger partial charge is 0.257 e. The van der Waals surface area contributed by atoms with Gasteiger partial charge in [-0.25, -0.2) is 4.98 Å².